The molecule has 0 N–H and O–H groups in total. The molecule has 2 heterocycles. The molecule has 1 aliphatic carbocycles. The van der Waals surface area contributed by atoms with Crippen LogP contribution in [0.4, 0.5) is 0 Å². The minimum atomic E-state index is -0.102. The molecule has 1 saturated carbocycles. The van der Waals surface area contributed by atoms with Crippen LogP contribution in [0.3, 0.4) is 0 Å². The largest absolute Gasteiger partial charge is 0.231 e. The van der Waals surface area contributed by atoms with E-state index < -0.39 is 0 Å². The van der Waals surface area contributed by atoms with Gasteiger partial charge in [-0.15, -0.1) is 10.2 Å². The molecule has 0 unspecified atom stereocenters. The minimum Gasteiger partial charge on any atom is -0.231 e. The summed E-state index contributed by atoms with van der Waals surface area (Å²) < 4.78 is 1.85. The summed E-state index contributed by atoms with van der Waals surface area (Å²) in [7, 11) is 0. The van der Waals surface area contributed by atoms with Crippen molar-refractivity contribution in [3.63, 3.8) is 0 Å². The SMILES string of the molecule is Cc1c(-c2nnc(C3(c4ccc(Cl)cc4)CC3)s2)nn(-c2ccc(Cl)cc2Cl)c1-c1ccc(Cl)cc1. The van der Waals surface area contributed by atoms with E-state index >= 15 is 0 Å². The number of rotatable bonds is 5. The van der Waals surface area contributed by atoms with Gasteiger partial charge in [-0.3, -0.25) is 0 Å². The van der Waals surface area contributed by atoms with Crippen molar-refractivity contribution in [1.82, 2.24) is 20.0 Å². The summed E-state index contributed by atoms with van der Waals surface area (Å²) in [6.07, 6.45) is 2.07. The highest BCUT2D eigenvalue weighted by Gasteiger charge is 2.49. The van der Waals surface area contributed by atoms with E-state index in [1.807, 2.05) is 54.1 Å². The number of nitrogens with zero attached hydrogens (tertiary/aromatic N) is 4. The standard InChI is InChI=1S/C27H18Cl4N4S/c1-15-23(25-32-33-26(36-25)27(12-13-27)17-4-8-19(29)9-5-17)34-35(22-11-10-20(30)14-21(22)31)24(15)16-2-6-18(28)7-3-16/h2-11,14H,12-13H2,1H3. The lowest BCUT2D eigenvalue weighted by Crippen LogP contribution is -2.07. The molecule has 0 radical (unpaired) electrons. The van der Waals surface area contributed by atoms with Crippen LogP contribution in [-0.4, -0.2) is 20.0 Å². The van der Waals surface area contributed by atoms with E-state index in [0.29, 0.717) is 15.1 Å². The smallest absolute Gasteiger partial charge is 0.168 e. The molecule has 6 rings (SSSR count). The maximum Gasteiger partial charge on any atom is 0.168 e. The Balaban J connectivity index is 1.48. The van der Waals surface area contributed by atoms with Gasteiger partial charge in [0.15, 0.2) is 5.01 Å². The molecule has 9 heteroatoms. The van der Waals surface area contributed by atoms with Gasteiger partial charge in [0.25, 0.3) is 0 Å². The van der Waals surface area contributed by atoms with Crippen molar-refractivity contribution < 1.29 is 0 Å². The first-order valence-electron chi connectivity index (χ1n) is 11.3. The van der Waals surface area contributed by atoms with E-state index in [1.54, 1.807) is 23.5 Å². The first-order valence-corrected chi connectivity index (χ1v) is 13.6. The lowest BCUT2D eigenvalue weighted by molar-refractivity contribution is 0.807. The number of hydrogen-bond acceptors (Lipinski definition) is 4. The van der Waals surface area contributed by atoms with Gasteiger partial charge in [0, 0.05) is 31.6 Å². The number of aromatic nitrogens is 4. The fourth-order valence-corrected chi connectivity index (χ4v) is 6.40. The highest BCUT2D eigenvalue weighted by atomic mass is 35.5. The van der Waals surface area contributed by atoms with Gasteiger partial charge in [0.2, 0.25) is 0 Å². The third-order valence-corrected chi connectivity index (χ3v) is 8.74. The summed E-state index contributed by atoms with van der Waals surface area (Å²) >= 11 is 26.6. The van der Waals surface area contributed by atoms with Gasteiger partial charge < -0.3 is 0 Å². The van der Waals surface area contributed by atoms with E-state index in [2.05, 4.69) is 22.3 Å². The zero-order valence-electron chi connectivity index (χ0n) is 19.0. The van der Waals surface area contributed by atoms with Crippen LogP contribution in [0.25, 0.3) is 27.6 Å². The molecule has 1 fully saturated rings. The van der Waals surface area contributed by atoms with E-state index in [1.165, 1.54) is 5.56 Å². The molecule has 0 spiro atoms. The summed E-state index contributed by atoms with van der Waals surface area (Å²) in [4.78, 5) is 0. The molecular formula is C27H18Cl4N4S. The molecule has 2 aromatic heterocycles. The van der Waals surface area contributed by atoms with Crippen molar-refractivity contribution in [2.75, 3.05) is 0 Å². The van der Waals surface area contributed by atoms with E-state index in [0.717, 1.165) is 56.1 Å². The molecule has 0 amide bonds. The molecule has 180 valence electrons. The van der Waals surface area contributed by atoms with E-state index in [4.69, 9.17) is 51.5 Å². The summed E-state index contributed by atoms with van der Waals surface area (Å²) in [6.45, 7) is 2.04. The fraction of sp³-hybridized carbons (Fsp3) is 0.148. The Morgan fingerprint density at radius 2 is 1.44 bits per heavy atom. The van der Waals surface area contributed by atoms with Gasteiger partial charge in [-0.25, -0.2) is 4.68 Å². The molecule has 3 aromatic carbocycles. The van der Waals surface area contributed by atoms with Crippen LogP contribution in [0.1, 0.15) is 29.0 Å². The van der Waals surface area contributed by atoms with Gasteiger partial charge in [0.05, 0.1) is 16.4 Å². The molecule has 36 heavy (non-hydrogen) atoms. The van der Waals surface area contributed by atoms with Crippen molar-refractivity contribution in [2.24, 2.45) is 0 Å². The van der Waals surface area contributed by atoms with Crippen molar-refractivity contribution in [3.05, 3.63) is 103 Å². The molecule has 0 bridgehead atoms. The summed E-state index contributed by atoms with van der Waals surface area (Å²) in [5.74, 6) is 0. The minimum absolute atomic E-state index is 0.102. The second-order valence-corrected chi connectivity index (χ2v) is 11.5. The van der Waals surface area contributed by atoms with Gasteiger partial charge in [0.1, 0.15) is 10.7 Å². The van der Waals surface area contributed by atoms with Crippen LogP contribution in [-0.2, 0) is 5.41 Å². The number of halogens is 4. The van der Waals surface area contributed by atoms with Crippen LogP contribution in [0, 0.1) is 6.92 Å². The summed E-state index contributed by atoms with van der Waals surface area (Å²) in [5, 5.41) is 18.4. The molecular weight excluding hydrogens is 554 g/mol. The quantitative estimate of drug-likeness (QED) is 0.211. The Morgan fingerprint density at radius 1 is 0.806 bits per heavy atom. The second kappa shape index (κ2) is 9.16. The maximum absolute atomic E-state index is 6.61. The third kappa shape index (κ3) is 4.13. The highest BCUT2D eigenvalue weighted by molar-refractivity contribution is 7.14. The average molecular weight is 572 g/mol. The molecule has 0 aliphatic heterocycles. The second-order valence-electron chi connectivity index (χ2n) is 8.84. The molecule has 1 aliphatic rings. The van der Waals surface area contributed by atoms with Crippen molar-refractivity contribution in [3.8, 4) is 27.6 Å². The number of benzene rings is 3. The van der Waals surface area contributed by atoms with Crippen LogP contribution in [0.15, 0.2) is 66.7 Å². The van der Waals surface area contributed by atoms with Gasteiger partial charge in [-0.1, -0.05) is 82.0 Å². The summed E-state index contributed by atoms with van der Waals surface area (Å²) in [6, 6.07) is 21.1. The molecule has 0 saturated heterocycles. The topological polar surface area (TPSA) is 43.6 Å². The predicted molar refractivity (Wildman–Crippen MR) is 149 cm³/mol. The predicted octanol–water partition coefficient (Wildman–Crippen LogP) is 9.06. The summed E-state index contributed by atoms with van der Waals surface area (Å²) in [5.41, 5.74) is 5.45. The Kier molecular flexibility index (Phi) is 6.09. The van der Waals surface area contributed by atoms with Gasteiger partial charge >= 0.3 is 0 Å². The van der Waals surface area contributed by atoms with Crippen LogP contribution < -0.4 is 0 Å². The monoisotopic (exact) mass is 570 g/mol. The maximum atomic E-state index is 6.61. The van der Waals surface area contributed by atoms with Crippen LogP contribution >= 0.6 is 57.7 Å². The van der Waals surface area contributed by atoms with E-state index in [9.17, 15) is 0 Å². The Labute approximate surface area is 232 Å². The van der Waals surface area contributed by atoms with Crippen LogP contribution in [0.2, 0.25) is 20.1 Å². The lowest BCUT2D eigenvalue weighted by atomic mass is 9.97. The third-order valence-electron chi connectivity index (χ3n) is 6.56. The molecule has 0 atom stereocenters. The molecule has 5 aromatic rings. The number of hydrogen-bond donors (Lipinski definition) is 0. The Morgan fingerprint density at radius 3 is 2.08 bits per heavy atom. The normalized spacial score (nSPS) is 14.2. The van der Waals surface area contributed by atoms with Gasteiger partial charge in [-0.05, 0) is 67.8 Å². The highest BCUT2D eigenvalue weighted by Crippen LogP contribution is 2.55. The lowest BCUT2D eigenvalue weighted by Gasteiger charge is -2.11. The fourth-order valence-electron chi connectivity index (χ4n) is 4.51. The van der Waals surface area contributed by atoms with Crippen molar-refractivity contribution >= 4 is 57.7 Å². The van der Waals surface area contributed by atoms with Crippen LogP contribution in [0.5, 0.6) is 0 Å². The Bertz CT molecular complexity index is 1590. The Hall–Kier alpha value is -2.41. The zero-order valence-corrected chi connectivity index (χ0v) is 22.8. The van der Waals surface area contributed by atoms with Crippen molar-refractivity contribution in [1.29, 1.82) is 0 Å². The van der Waals surface area contributed by atoms with Gasteiger partial charge in [-0.2, -0.15) is 5.10 Å². The van der Waals surface area contributed by atoms with E-state index in [-0.39, 0.29) is 5.41 Å². The van der Waals surface area contributed by atoms with Crippen molar-refractivity contribution in [2.45, 2.75) is 25.2 Å². The molecule has 4 nitrogen and oxygen atoms in total. The first kappa shape index (κ1) is 24.0. The first-order chi connectivity index (χ1) is 17.4. The average Bonchev–Trinajstić information content (AvgIpc) is 3.39. The zero-order chi connectivity index (χ0) is 25.0.